The van der Waals surface area contributed by atoms with Crippen LogP contribution in [0.5, 0.6) is 0 Å². The van der Waals surface area contributed by atoms with Crippen LogP contribution >= 0.6 is 0 Å². The number of ether oxygens (including phenoxy) is 1. The van der Waals surface area contributed by atoms with E-state index in [1.54, 1.807) is 0 Å². The molecule has 0 N–H and O–H groups in total. The summed E-state index contributed by atoms with van der Waals surface area (Å²) in [4.78, 5) is 11.4. The Labute approximate surface area is 81.0 Å². The lowest BCUT2D eigenvalue weighted by Crippen LogP contribution is -2.12. The highest BCUT2D eigenvalue weighted by Gasteiger charge is 2.12. The molecule has 0 saturated heterocycles. The molecule has 0 aromatic heterocycles. The summed E-state index contributed by atoms with van der Waals surface area (Å²) >= 11 is 0. The monoisotopic (exact) mass is 184 g/mol. The van der Waals surface area contributed by atoms with Gasteiger partial charge in [-0.3, -0.25) is 0 Å². The minimum Gasteiger partial charge on any atom is -0.462 e. The summed E-state index contributed by atoms with van der Waals surface area (Å²) in [5, 5.41) is 0. The topological polar surface area (TPSA) is 26.3 Å². The standard InChI is InChI=1S/C11H20O2/c1-5-7-8-13-11(12)10(6-2)9(3)4/h6,9H,5,7-8H2,1-4H3/b10-6+. The summed E-state index contributed by atoms with van der Waals surface area (Å²) in [5.41, 5.74) is 0.774. The van der Waals surface area contributed by atoms with E-state index in [-0.39, 0.29) is 11.9 Å². The van der Waals surface area contributed by atoms with Gasteiger partial charge in [-0.15, -0.1) is 0 Å². The molecular weight excluding hydrogens is 164 g/mol. The Bertz CT molecular complexity index is 181. The number of rotatable bonds is 5. The highest BCUT2D eigenvalue weighted by Crippen LogP contribution is 2.11. The van der Waals surface area contributed by atoms with Gasteiger partial charge in [-0.25, -0.2) is 4.79 Å². The number of carbonyl (C=O) groups excluding carboxylic acids is 1. The van der Waals surface area contributed by atoms with Gasteiger partial charge >= 0.3 is 5.97 Å². The molecule has 0 aliphatic rings. The maximum Gasteiger partial charge on any atom is 0.333 e. The summed E-state index contributed by atoms with van der Waals surface area (Å²) in [7, 11) is 0. The van der Waals surface area contributed by atoms with Crippen LogP contribution in [0.15, 0.2) is 11.6 Å². The fourth-order valence-electron chi connectivity index (χ4n) is 1.08. The van der Waals surface area contributed by atoms with Crippen molar-refractivity contribution in [3.63, 3.8) is 0 Å². The fourth-order valence-corrected chi connectivity index (χ4v) is 1.08. The molecule has 0 bridgehead atoms. The van der Waals surface area contributed by atoms with Gasteiger partial charge in [0.2, 0.25) is 0 Å². The second-order valence-corrected chi connectivity index (χ2v) is 3.39. The molecule has 0 spiro atoms. The highest BCUT2D eigenvalue weighted by atomic mass is 16.5. The van der Waals surface area contributed by atoms with Crippen molar-refractivity contribution >= 4 is 5.97 Å². The van der Waals surface area contributed by atoms with Gasteiger partial charge in [0.05, 0.1) is 6.61 Å². The van der Waals surface area contributed by atoms with Crippen LogP contribution in [0.2, 0.25) is 0 Å². The van der Waals surface area contributed by atoms with Gasteiger partial charge in [-0.2, -0.15) is 0 Å². The average molecular weight is 184 g/mol. The van der Waals surface area contributed by atoms with Gasteiger partial charge in [0, 0.05) is 5.57 Å². The van der Waals surface area contributed by atoms with Crippen LogP contribution in [0.25, 0.3) is 0 Å². The maximum absolute atomic E-state index is 11.4. The van der Waals surface area contributed by atoms with E-state index in [0.717, 1.165) is 18.4 Å². The summed E-state index contributed by atoms with van der Waals surface area (Å²) in [5.74, 6) is 0.0880. The van der Waals surface area contributed by atoms with E-state index < -0.39 is 0 Å². The zero-order chi connectivity index (χ0) is 10.3. The van der Waals surface area contributed by atoms with Crippen LogP contribution in [0, 0.1) is 5.92 Å². The van der Waals surface area contributed by atoms with Crippen molar-refractivity contribution in [3.8, 4) is 0 Å². The predicted molar refractivity (Wildman–Crippen MR) is 54.5 cm³/mol. The Kier molecular flexibility index (Phi) is 6.29. The van der Waals surface area contributed by atoms with Crippen molar-refractivity contribution in [2.75, 3.05) is 6.61 Å². The molecule has 0 aliphatic carbocycles. The van der Waals surface area contributed by atoms with Crippen LogP contribution < -0.4 is 0 Å². The van der Waals surface area contributed by atoms with Crippen molar-refractivity contribution in [3.05, 3.63) is 11.6 Å². The lowest BCUT2D eigenvalue weighted by Gasteiger charge is -2.09. The summed E-state index contributed by atoms with van der Waals surface area (Å²) in [6, 6.07) is 0. The second-order valence-electron chi connectivity index (χ2n) is 3.39. The molecule has 0 aliphatic heterocycles. The van der Waals surface area contributed by atoms with Crippen molar-refractivity contribution in [1.29, 1.82) is 0 Å². The quantitative estimate of drug-likeness (QED) is 0.373. The van der Waals surface area contributed by atoms with Crippen molar-refractivity contribution in [2.45, 2.75) is 40.5 Å². The minimum absolute atomic E-state index is 0.161. The molecule has 76 valence electrons. The fraction of sp³-hybridized carbons (Fsp3) is 0.727. The number of unbranched alkanes of at least 4 members (excludes halogenated alkanes) is 1. The predicted octanol–water partition coefficient (Wildman–Crippen LogP) is 2.93. The first-order chi connectivity index (χ1) is 6.13. The lowest BCUT2D eigenvalue weighted by atomic mass is 10.0. The molecule has 0 aromatic carbocycles. The molecular formula is C11H20O2. The van der Waals surface area contributed by atoms with Crippen LogP contribution in [-0.4, -0.2) is 12.6 Å². The van der Waals surface area contributed by atoms with E-state index in [2.05, 4.69) is 6.92 Å². The number of hydrogen-bond acceptors (Lipinski definition) is 2. The first-order valence-corrected chi connectivity index (χ1v) is 4.96. The van der Waals surface area contributed by atoms with Crippen LogP contribution in [-0.2, 0) is 9.53 Å². The average Bonchev–Trinajstić information content (AvgIpc) is 2.05. The molecule has 0 amide bonds. The molecule has 2 heteroatoms. The minimum atomic E-state index is -0.161. The number of hydrogen-bond donors (Lipinski definition) is 0. The van der Waals surface area contributed by atoms with Crippen molar-refractivity contribution < 1.29 is 9.53 Å². The first-order valence-electron chi connectivity index (χ1n) is 4.96. The van der Waals surface area contributed by atoms with Gasteiger partial charge < -0.3 is 4.74 Å². The van der Waals surface area contributed by atoms with E-state index >= 15 is 0 Å². The summed E-state index contributed by atoms with van der Waals surface area (Å²) < 4.78 is 5.09. The smallest absolute Gasteiger partial charge is 0.333 e. The highest BCUT2D eigenvalue weighted by molar-refractivity contribution is 5.88. The van der Waals surface area contributed by atoms with Gasteiger partial charge in [-0.1, -0.05) is 33.3 Å². The Morgan fingerprint density at radius 2 is 2.08 bits per heavy atom. The molecule has 0 radical (unpaired) electrons. The first kappa shape index (κ1) is 12.2. The molecule has 0 rings (SSSR count). The number of allylic oxidation sites excluding steroid dienone is 1. The third kappa shape index (κ3) is 4.71. The SMILES string of the molecule is C/C=C(/C(=O)OCCCC)C(C)C. The lowest BCUT2D eigenvalue weighted by molar-refractivity contribution is -0.139. The Morgan fingerprint density at radius 1 is 1.46 bits per heavy atom. The Morgan fingerprint density at radius 3 is 2.46 bits per heavy atom. The molecule has 0 atom stereocenters. The molecule has 0 saturated carbocycles. The second kappa shape index (κ2) is 6.70. The normalized spacial score (nSPS) is 11.9. The molecule has 2 nitrogen and oxygen atoms in total. The van der Waals surface area contributed by atoms with Crippen LogP contribution in [0.3, 0.4) is 0 Å². The summed E-state index contributed by atoms with van der Waals surface area (Å²) in [6.07, 6.45) is 3.83. The van der Waals surface area contributed by atoms with Gasteiger partial charge in [0.1, 0.15) is 0 Å². The van der Waals surface area contributed by atoms with E-state index in [4.69, 9.17) is 4.74 Å². The van der Waals surface area contributed by atoms with Gasteiger partial charge in [0.25, 0.3) is 0 Å². The zero-order valence-electron chi connectivity index (χ0n) is 9.09. The van der Waals surface area contributed by atoms with Crippen LogP contribution in [0.4, 0.5) is 0 Å². The number of carbonyl (C=O) groups is 1. The molecule has 0 heterocycles. The number of esters is 1. The van der Waals surface area contributed by atoms with Crippen LogP contribution in [0.1, 0.15) is 40.5 Å². The third-order valence-electron chi connectivity index (χ3n) is 1.90. The molecule has 0 aromatic rings. The molecule has 13 heavy (non-hydrogen) atoms. The zero-order valence-corrected chi connectivity index (χ0v) is 9.09. The Balaban J connectivity index is 3.94. The van der Waals surface area contributed by atoms with Gasteiger partial charge in [-0.05, 0) is 19.3 Å². The summed E-state index contributed by atoms with van der Waals surface area (Å²) in [6.45, 7) is 8.48. The maximum atomic E-state index is 11.4. The Hall–Kier alpha value is -0.790. The van der Waals surface area contributed by atoms with E-state index in [9.17, 15) is 4.79 Å². The molecule has 0 unspecified atom stereocenters. The molecule has 0 fully saturated rings. The van der Waals surface area contributed by atoms with Crippen molar-refractivity contribution in [2.24, 2.45) is 5.92 Å². The van der Waals surface area contributed by atoms with Crippen molar-refractivity contribution in [1.82, 2.24) is 0 Å². The van der Waals surface area contributed by atoms with E-state index in [1.807, 2.05) is 26.8 Å². The van der Waals surface area contributed by atoms with E-state index in [1.165, 1.54) is 0 Å². The largest absolute Gasteiger partial charge is 0.462 e. The third-order valence-corrected chi connectivity index (χ3v) is 1.90. The van der Waals surface area contributed by atoms with E-state index in [0.29, 0.717) is 6.61 Å². The van der Waals surface area contributed by atoms with Gasteiger partial charge in [0.15, 0.2) is 0 Å².